The van der Waals surface area contributed by atoms with Gasteiger partial charge < -0.3 is 19.9 Å². The van der Waals surface area contributed by atoms with Crippen LogP contribution in [-0.4, -0.2) is 43.7 Å². The molecule has 1 unspecified atom stereocenters. The van der Waals surface area contributed by atoms with E-state index in [1.165, 1.54) is 6.92 Å². The Morgan fingerprint density at radius 3 is 2.43 bits per heavy atom. The third-order valence-corrected chi connectivity index (χ3v) is 3.12. The monoisotopic (exact) mass is 295 g/mol. The number of ether oxygens (including phenoxy) is 2. The van der Waals surface area contributed by atoms with Crippen LogP contribution in [0.25, 0.3) is 0 Å². The molecule has 0 aromatic heterocycles. The molecule has 1 rings (SSSR count). The Bertz CT molecular complexity index is 501. The number of rotatable bonds is 9. The van der Waals surface area contributed by atoms with Crippen molar-refractivity contribution < 1.29 is 24.2 Å². The fraction of sp³-hybridized carbons (Fsp3) is 0.467. The number of hydrogen-bond donors (Lipinski definition) is 2. The van der Waals surface area contributed by atoms with E-state index in [0.717, 1.165) is 5.56 Å². The summed E-state index contributed by atoms with van der Waals surface area (Å²) in [5.41, 5.74) is 1.01. The molecule has 6 nitrogen and oxygen atoms in total. The van der Waals surface area contributed by atoms with E-state index in [1.54, 1.807) is 14.2 Å². The minimum atomic E-state index is -0.992. The largest absolute Gasteiger partial charge is 0.493 e. The first-order chi connectivity index (χ1) is 9.97. The Morgan fingerprint density at radius 1 is 1.24 bits per heavy atom. The van der Waals surface area contributed by atoms with Gasteiger partial charge in [0.15, 0.2) is 11.5 Å². The van der Waals surface area contributed by atoms with Crippen LogP contribution in [0.1, 0.15) is 18.9 Å². The third kappa shape index (κ3) is 5.43. The van der Waals surface area contributed by atoms with Gasteiger partial charge in [-0.05, 0) is 37.6 Å². The highest BCUT2D eigenvalue weighted by molar-refractivity contribution is 5.85. The second kappa shape index (κ2) is 8.26. The Kier molecular flexibility index (Phi) is 6.68. The zero-order chi connectivity index (χ0) is 15.8. The summed E-state index contributed by atoms with van der Waals surface area (Å²) >= 11 is 0. The topological polar surface area (TPSA) is 84.9 Å². The Morgan fingerprint density at radius 2 is 1.90 bits per heavy atom. The summed E-state index contributed by atoms with van der Waals surface area (Å²) in [5.74, 6) is 0.129. The van der Waals surface area contributed by atoms with Crippen LogP contribution < -0.4 is 14.8 Å². The molecule has 0 spiro atoms. The molecule has 1 aromatic carbocycles. The van der Waals surface area contributed by atoms with Crippen LogP contribution >= 0.6 is 0 Å². The molecule has 0 radical (unpaired) electrons. The molecule has 0 saturated carbocycles. The van der Waals surface area contributed by atoms with Gasteiger partial charge in [-0.1, -0.05) is 6.07 Å². The Balaban J connectivity index is 2.58. The van der Waals surface area contributed by atoms with Crippen LogP contribution in [0.4, 0.5) is 0 Å². The summed E-state index contributed by atoms with van der Waals surface area (Å²) in [5, 5.41) is 11.7. The van der Waals surface area contributed by atoms with Crippen molar-refractivity contribution in [3.8, 4) is 11.5 Å². The molecule has 0 bridgehead atoms. The second-order valence-corrected chi connectivity index (χ2v) is 4.65. The lowest BCUT2D eigenvalue weighted by Crippen LogP contribution is -2.38. The molecule has 0 aliphatic heterocycles. The van der Waals surface area contributed by atoms with Crippen molar-refractivity contribution >= 4 is 11.8 Å². The SMILES string of the molecule is COc1ccc(CCNC(CC(=O)O)C(C)=O)cc1OC. The lowest BCUT2D eigenvalue weighted by Gasteiger charge is -2.14. The van der Waals surface area contributed by atoms with Crippen LogP contribution in [0, 0.1) is 0 Å². The number of carboxylic acids is 1. The number of aliphatic carboxylic acids is 1. The van der Waals surface area contributed by atoms with Gasteiger partial charge in [0.05, 0.1) is 26.7 Å². The van der Waals surface area contributed by atoms with Crippen LogP contribution in [0.5, 0.6) is 11.5 Å². The molecule has 0 saturated heterocycles. The highest BCUT2D eigenvalue weighted by Gasteiger charge is 2.17. The van der Waals surface area contributed by atoms with Crippen molar-refractivity contribution in [1.29, 1.82) is 0 Å². The van der Waals surface area contributed by atoms with Crippen molar-refractivity contribution in [3.63, 3.8) is 0 Å². The first-order valence-electron chi connectivity index (χ1n) is 6.64. The van der Waals surface area contributed by atoms with Crippen molar-refractivity contribution in [2.24, 2.45) is 0 Å². The predicted molar refractivity (Wildman–Crippen MR) is 78.0 cm³/mol. The lowest BCUT2D eigenvalue weighted by molar-refractivity contribution is -0.139. The Hall–Kier alpha value is -2.08. The number of carboxylic acid groups (broad SMARTS) is 1. The zero-order valence-corrected chi connectivity index (χ0v) is 12.5. The first kappa shape index (κ1) is 17.0. The van der Waals surface area contributed by atoms with E-state index in [1.807, 2.05) is 18.2 Å². The molecule has 0 aliphatic rings. The third-order valence-electron chi connectivity index (χ3n) is 3.12. The molecule has 116 valence electrons. The average Bonchev–Trinajstić information content (AvgIpc) is 2.45. The van der Waals surface area contributed by atoms with Crippen LogP contribution in [0.3, 0.4) is 0 Å². The molecule has 0 heterocycles. The molecule has 0 amide bonds. The van der Waals surface area contributed by atoms with Crippen molar-refractivity contribution in [3.05, 3.63) is 23.8 Å². The van der Waals surface area contributed by atoms with Crippen molar-refractivity contribution in [2.75, 3.05) is 20.8 Å². The van der Waals surface area contributed by atoms with Crippen LogP contribution in [0.15, 0.2) is 18.2 Å². The minimum absolute atomic E-state index is 0.176. The number of Topliss-reactive ketones (excluding diaryl/α,β-unsaturated/α-hetero) is 1. The lowest BCUT2D eigenvalue weighted by atomic mass is 10.1. The van der Waals surface area contributed by atoms with Gasteiger partial charge in [-0.15, -0.1) is 0 Å². The van der Waals surface area contributed by atoms with Gasteiger partial charge >= 0.3 is 5.97 Å². The number of benzene rings is 1. The van der Waals surface area contributed by atoms with Crippen LogP contribution in [0.2, 0.25) is 0 Å². The molecular weight excluding hydrogens is 274 g/mol. The van der Waals surface area contributed by atoms with E-state index in [4.69, 9.17) is 14.6 Å². The first-order valence-corrected chi connectivity index (χ1v) is 6.64. The normalized spacial score (nSPS) is 11.8. The van der Waals surface area contributed by atoms with Crippen molar-refractivity contribution in [1.82, 2.24) is 5.32 Å². The molecule has 0 aliphatic carbocycles. The fourth-order valence-corrected chi connectivity index (χ4v) is 1.96. The quantitative estimate of drug-likeness (QED) is 0.713. The number of carbonyl (C=O) groups is 2. The molecule has 2 N–H and O–H groups in total. The van der Waals surface area contributed by atoms with Crippen molar-refractivity contribution in [2.45, 2.75) is 25.8 Å². The smallest absolute Gasteiger partial charge is 0.305 e. The highest BCUT2D eigenvalue weighted by atomic mass is 16.5. The highest BCUT2D eigenvalue weighted by Crippen LogP contribution is 2.27. The summed E-state index contributed by atoms with van der Waals surface area (Å²) in [6.45, 7) is 1.89. The van der Waals surface area contributed by atoms with Gasteiger partial charge in [0.25, 0.3) is 0 Å². The zero-order valence-electron chi connectivity index (χ0n) is 12.5. The fourth-order valence-electron chi connectivity index (χ4n) is 1.96. The van der Waals surface area contributed by atoms with Gasteiger partial charge in [0.2, 0.25) is 0 Å². The van der Waals surface area contributed by atoms with E-state index in [0.29, 0.717) is 24.5 Å². The van der Waals surface area contributed by atoms with E-state index in [-0.39, 0.29) is 12.2 Å². The summed E-state index contributed by atoms with van der Waals surface area (Å²) in [7, 11) is 3.14. The van der Waals surface area contributed by atoms with Gasteiger partial charge in [-0.25, -0.2) is 0 Å². The molecule has 6 heteroatoms. The van der Waals surface area contributed by atoms with E-state index in [9.17, 15) is 9.59 Å². The maximum absolute atomic E-state index is 11.3. The van der Waals surface area contributed by atoms with Gasteiger partial charge in [0.1, 0.15) is 5.78 Å². The maximum Gasteiger partial charge on any atom is 0.305 e. The average molecular weight is 295 g/mol. The predicted octanol–water partition coefficient (Wildman–Crippen LogP) is 1.27. The summed E-state index contributed by atoms with van der Waals surface area (Å²) < 4.78 is 10.4. The number of methoxy groups -OCH3 is 2. The molecule has 0 fully saturated rings. The van der Waals surface area contributed by atoms with E-state index >= 15 is 0 Å². The van der Waals surface area contributed by atoms with Gasteiger partial charge in [-0.3, -0.25) is 9.59 Å². The second-order valence-electron chi connectivity index (χ2n) is 4.65. The molecule has 21 heavy (non-hydrogen) atoms. The van der Waals surface area contributed by atoms with E-state index < -0.39 is 12.0 Å². The standard InChI is InChI=1S/C15H21NO5/c1-10(17)12(9-15(18)19)16-7-6-11-4-5-13(20-2)14(8-11)21-3/h4-5,8,12,16H,6-7,9H2,1-3H3,(H,18,19). The summed E-state index contributed by atoms with van der Waals surface area (Å²) in [4.78, 5) is 22.0. The summed E-state index contributed by atoms with van der Waals surface area (Å²) in [6, 6.07) is 4.93. The molecule has 1 atom stereocenters. The number of carbonyl (C=O) groups excluding carboxylic acids is 1. The van der Waals surface area contributed by atoms with E-state index in [2.05, 4.69) is 5.32 Å². The molecule has 1 aromatic rings. The number of nitrogens with one attached hydrogen (secondary N) is 1. The maximum atomic E-state index is 11.3. The van der Waals surface area contributed by atoms with Crippen LogP contribution in [-0.2, 0) is 16.0 Å². The summed E-state index contributed by atoms with van der Waals surface area (Å²) in [6.07, 6.45) is 0.449. The Labute approximate surface area is 124 Å². The molecular formula is C15H21NO5. The number of ketones is 1. The van der Waals surface area contributed by atoms with Gasteiger partial charge in [-0.2, -0.15) is 0 Å². The number of hydrogen-bond acceptors (Lipinski definition) is 5. The minimum Gasteiger partial charge on any atom is -0.493 e. The van der Waals surface area contributed by atoms with Gasteiger partial charge in [0, 0.05) is 0 Å².